The number of hydrogen-bond donors (Lipinski definition) is 5. The lowest BCUT2D eigenvalue weighted by Gasteiger charge is -2.39. The van der Waals surface area contributed by atoms with Crippen molar-refractivity contribution in [1.82, 2.24) is 10.2 Å². The Morgan fingerprint density at radius 3 is 2.34 bits per heavy atom. The molecule has 1 saturated carbocycles. The maximum atomic E-state index is 13.9. The molecule has 0 spiro atoms. The summed E-state index contributed by atoms with van der Waals surface area (Å²) in [5.74, 6) is -4.25. The van der Waals surface area contributed by atoms with Gasteiger partial charge < -0.3 is 30.4 Å². The Bertz CT molecular complexity index is 1120. The van der Waals surface area contributed by atoms with Crippen LogP contribution in [0.3, 0.4) is 0 Å². The van der Waals surface area contributed by atoms with Gasteiger partial charge in [-0.15, -0.1) is 0 Å². The number of carboxylic acids is 1. The highest BCUT2D eigenvalue weighted by atomic mass is 19.1. The average molecular weight is 488 g/mol. The molecule has 5 N–H and O–H groups in total. The minimum absolute atomic E-state index is 0.0567. The van der Waals surface area contributed by atoms with Crippen molar-refractivity contribution in [2.24, 2.45) is 0 Å². The van der Waals surface area contributed by atoms with Crippen molar-refractivity contribution in [3.63, 3.8) is 0 Å². The first-order valence-electron chi connectivity index (χ1n) is 11.0. The Hall–Kier alpha value is -3.28. The Kier molecular flexibility index (Phi) is 8.60. The Labute approximate surface area is 200 Å². The van der Waals surface area contributed by atoms with Crippen LogP contribution in [0.25, 0.3) is 0 Å². The van der Waals surface area contributed by atoms with E-state index in [2.05, 4.69) is 5.32 Å². The summed E-state index contributed by atoms with van der Waals surface area (Å²) in [6.07, 6.45) is 2.19. The van der Waals surface area contributed by atoms with Crippen molar-refractivity contribution in [2.75, 3.05) is 6.54 Å². The van der Waals surface area contributed by atoms with Gasteiger partial charge in [0.15, 0.2) is 0 Å². The molecule has 13 heteroatoms. The van der Waals surface area contributed by atoms with E-state index in [1.54, 1.807) is 0 Å². The van der Waals surface area contributed by atoms with Crippen molar-refractivity contribution in [2.45, 2.75) is 37.8 Å². The van der Waals surface area contributed by atoms with E-state index in [1.807, 2.05) is 0 Å². The molecule has 2 aromatic carbocycles. The molecule has 1 fully saturated rings. The molecule has 0 aromatic heterocycles. The van der Waals surface area contributed by atoms with Crippen LogP contribution in [-0.4, -0.2) is 76.1 Å². The van der Waals surface area contributed by atoms with Crippen LogP contribution in [0.5, 0.6) is 0 Å². The van der Waals surface area contributed by atoms with E-state index in [1.165, 1.54) is 12.1 Å². The van der Waals surface area contributed by atoms with Gasteiger partial charge in [-0.25, -0.2) is 8.78 Å². The zero-order chi connectivity index (χ0) is 25.7. The SMILES string of the molecule is O=C(O)CN(C(=O)c1ccc(F)c(B(O)O)c1)[C@H]1CCCC[C@H]1NC(=O)c1ccc(F)c(BO)c1. The van der Waals surface area contributed by atoms with E-state index < -0.39 is 68.1 Å². The number of carbonyl (C=O) groups is 3. The van der Waals surface area contributed by atoms with Gasteiger partial charge in [0.1, 0.15) is 18.2 Å². The average Bonchev–Trinajstić information content (AvgIpc) is 2.82. The second-order valence-corrected chi connectivity index (χ2v) is 8.33. The van der Waals surface area contributed by atoms with Crippen molar-refractivity contribution < 1.29 is 43.3 Å². The molecular formula is C22H24B2F2N2O7. The quantitative estimate of drug-likeness (QED) is 0.296. The topological polar surface area (TPSA) is 147 Å². The van der Waals surface area contributed by atoms with E-state index in [9.17, 15) is 43.3 Å². The number of nitrogens with one attached hydrogen (secondary N) is 1. The number of carboxylic acid groups (broad SMARTS) is 1. The molecule has 0 saturated heterocycles. The zero-order valence-electron chi connectivity index (χ0n) is 18.7. The van der Waals surface area contributed by atoms with E-state index >= 15 is 0 Å². The summed E-state index contributed by atoms with van der Waals surface area (Å²) >= 11 is 0. The molecule has 1 aliphatic carbocycles. The number of hydrogen-bond acceptors (Lipinski definition) is 6. The highest BCUT2D eigenvalue weighted by molar-refractivity contribution is 6.58. The second-order valence-electron chi connectivity index (χ2n) is 8.33. The molecule has 9 nitrogen and oxygen atoms in total. The molecule has 184 valence electrons. The molecule has 0 heterocycles. The fraction of sp³-hybridized carbons (Fsp3) is 0.318. The van der Waals surface area contributed by atoms with Crippen LogP contribution in [-0.2, 0) is 4.79 Å². The third-order valence-corrected chi connectivity index (χ3v) is 6.01. The lowest BCUT2D eigenvalue weighted by molar-refractivity contribution is -0.138. The maximum Gasteiger partial charge on any atom is 0.491 e. The van der Waals surface area contributed by atoms with E-state index in [0.717, 1.165) is 29.2 Å². The fourth-order valence-electron chi connectivity index (χ4n) is 4.27. The minimum atomic E-state index is -2.17. The molecular weight excluding hydrogens is 464 g/mol. The largest absolute Gasteiger partial charge is 0.491 e. The number of carbonyl (C=O) groups excluding carboxylic acids is 2. The minimum Gasteiger partial charge on any atom is -0.480 e. The van der Waals surface area contributed by atoms with Crippen LogP contribution in [0.4, 0.5) is 8.78 Å². The molecule has 0 radical (unpaired) electrons. The first kappa shape index (κ1) is 26.3. The standard InChI is InChI=1S/C22H24B2F2N2O7/c25-16-7-5-12(9-14(16)23-33)21(31)27-18-3-1-2-4-19(18)28(11-20(29)30)22(32)13-6-8-17(26)15(10-13)24(34)35/h5-10,18-19,23,33-35H,1-4,11H2,(H,27,31)(H,29,30)/t18-,19+/m1/s1. The van der Waals surface area contributed by atoms with Crippen molar-refractivity contribution in [3.05, 3.63) is 59.2 Å². The number of aliphatic carboxylic acids is 1. The number of amides is 2. The van der Waals surface area contributed by atoms with Gasteiger partial charge in [0.05, 0.1) is 6.04 Å². The zero-order valence-corrected chi connectivity index (χ0v) is 18.7. The fourth-order valence-corrected chi connectivity index (χ4v) is 4.27. The van der Waals surface area contributed by atoms with Crippen LogP contribution in [0.15, 0.2) is 36.4 Å². The molecule has 0 bridgehead atoms. The second kappa shape index (κ2) is 11.4. The number of benzene rings is 2. The van der Waals surface area contributed by atoms with Crippen LogP contribution < -0.4 is 16.2 Å². The maximum absolute atomic E-state index is 13.9. The van der Waals surface area contributed by atoms with E-state index in [0.29, 0.717) is 25.7 Å². The molecule has 2 atom stereocenters. The number of halogens is 2. The number of nitrogens with zero attached hydrogens (tertiary/aromatic N) is 1. The van der Waals surface area contributed by atoms with E-state index in [4.69, 9.17) is 0 Å². The third kappa shape index (κ3) is 6.24. The van der Waals surface area contributed by atoms with Gasteiger partial charge in [-0.1, -0.05) is 12.8 Å². The van der Waals surface area contributed by atoms with Gasteiger partial charge in [0.2, 0.25) is 0 Å². The molecule has 0 aliphatic heterocycles. The summed E-state index contributed by atoms with van der Waals surface area (Å²) in [7, 11) is -2.76. The van der Waals surface area contributed by atoms with Gasteiger partial charge in [0.25, 0.3) is 11.8 Å². The Morgan fingerprint density at radius 1 is 1.03 bits per heavy atom. The van der Waals surface area contributed by atoms with Crippen molar-refractivity contribution >= 4 is 43.3 Å². The van der Waals surface area contributed by atoms with Gasteiger partial charge in [-0.05, 0) is 54.7 Å². The van der Waals surface area contributed by atoms with Gasteiger partial charge in [0, 0.05) is 22.6 Å². The smallest absolute Gasteiger partial charge is 0.480 e. The molecule has 2 amide bonds. The molecule has 2 aromatic rings. The van der Waals surface area contributed by atoms with Gasteiger partial charge in [-0.2, -0.15) is 0 Å². The first-order valence-corrected chi connectivity index (χ1v) is 11.0. The molecule has 35 heavy (non-hydrogen) atoms. The van der Waals surface area contributed by atoms with Crippen LogP contribution in [0.1, 0.15) is 46.4 Å². The highest BCUT2D eigenvalue weighted by Crippen LogP contribution is 2.25. The van der Waals surface area contributed by atoms with Gasteiger partial charge >= 0.3 is 20.6 Å². The van der Waals surface area contributed by atoms with Crippen LogP contribution in [0, 0.1) is 11.6 Å². The number of rotatable bonds is 8. The summed E-state index contributed by atoms with van der Waals surface area (Å²) in [6.45, 7) is -0.699. The molecule has 1 aliphatic rings. The summed E-state index contributed by atoms with van der Waals surface area (Å²) in [6, 6.07) is 5.11. The predicted molar refractivity (Wildman–Crippen MR) is 124 cm³/mol. The van der Waals surface area contributed by atoms with Crippen molar-refractivity contribution in [1.29, 1.82) is 0 Å². The molecule has 0 unspecified atom stereocenters. The Morgan fingerprint density at radius 2 is 1.69 bits per heavy atom. The highest BCUT2D eigenvalue weighted by Gasteiger charge is 2.36. The molecule has 3 rings (SSSR count). The Balaban J connectivity index is 1.89. The first-order chi connectivity index (χ1) is 16.6. The predicted octanol–water partition coefficient (Wildman–Crippen LogP) is -1.12. The third-order valence-electron chi connectivity index (χ3n) is 6.01. The summed E-state index contributed by atoms with van der Waals surface area (Å²) in [5, 5.41) is 40.2. The summed E-state index contributed by atoms with van der Waals surface area (Å²) in [4.78, 5) is 38.8. The van der Waals surface area contributed by atoms with Crippen molar-refractivity contribution in [3.8, 4) is 0 Å². The summed E-state index contributed by atoms with van der Waals surface area (Å²) in [5.41, 5.74) is -0.636. The van der Waals surface area contributed by atoms with Crippen LogP contribution >= 0.6 is 0 Å². The van der Waals surface area contributed by atoms with E-state index in [-0.39, 0.29) is 16.6 Å². The van der Waals surface area contributed by atoms with Crippen LogP contribution in [0.2, 0.25) is 0 Å². The monoisotopic (exact) mass is 488 g/mol. The normalized spacial score (nSPS) is 17.4. The summed E-state index contributed by atoms with van der Waals surface area (Å²) < 4.78 is 27.6. The lowest BCUT2D eigenvalue weighted by atomic mass is 9.79. The lowest BCUT2D eigenvalue weighted by Crippen LogP contribution is -2.56. The van der Waals surface area contributed by atoms with Gasteiger partial charge in [-0.3, -0.25) is 14.4 Å².